The zero-order valence-electron chi connectivity index (χ0n) is 9.47. The van der Waals surface area contributed by atoms with E-state index in [-0.39, 0.29) is 28.6 Å². The molecule has 1 heterocycles. The molecule has 1 aliphatic carbocycles. The van der Waals surface area contributed by atoms with Gasteiger partial charge in [0.15, 0.2) is 0 Å². The van der Waals surface area contributed by atoms with Crippen LogP contribution in [0.1, 0.15) is 26.7 Å². The molecule has 2 N–H and O–H groups in total. The molecule has 0 spiro atoms. The fraction of sp³-hybridized carbons (Fsp3) is 0.727. The lowest BCUT2D eigenvalue weighted by Gasteiger charge is -2.23. The number of amides is 2. The first-order chi connectivity index (χ1) is 7.43. The number of carbonyl (C=O) groups is 2. The van der Waals surface area contributed by atoms with Gasteiger partial charge in [0.1, 0.15) is 0 Å². The van der Waals surface area contributed by atoms with E-state index in [1.165, 1.54) is 4.90 Å². The van der Waals surface area contributed by atoms with Crippen molar-refractivity contribution in [3.8, 4) is 0 Å². The molecule has 2 fully saturated rings. The van der Waals surface area contributed by atoms with Crippen molar-refractivity contribution in [1.29, 1.82) is 0 Å². The fourth-order valence-electron chi connectivity index (χ4n) is 2.81. The Morgan fingerprint density at radius 2 is 1.81 bits per heavy atom. The summed E-state index contributed by atoms with van der Waals surface area (Å²) < 4.78 is 0. The molecule has 0 bridgehead atoms. The molecule has 5 heteroatoms. The van der Waals surface area contributed by atoms with E-state index in [0.717, 1.165) is 12.8 Å². The summed E-state index contributed by atoms with van der Waals surface area (Å²) in [4.78, 5) is 25.6. The zero-order valence-corrected chi connectivity index (χ0v) is 10.3. The molecule has 3 atom stereocenters. The third kappa shape index (κ3) is 1.54. The van der Waals surface area contributed by atoms with E-state index < -0.39 is 6.04 Å². The summed E-state index contributed by atoms with van der Waals surface area (Å²) in [5.41, 5.74) is 5.50. The number of likely N-dealkylation sites (tertiary alicyclic amines) is 1. The van der Waals surface area contributed by atoms with Gasteiger partial charge in [0.2, 0.25) is 11.8 Å². The number of rotatable bonds is 2. The minimum atomic E-state index is -0.448. The molecule has 3 unspecified atom stereocenters. The van der Waals surface area contributed by atoms with Gasteiger partial charge in [0.25, 0.3) is 0 Å². The van der Waals surface area contributed by atoms with Gasteiger partial charge in [-0.1, -0.05) is 19.1 Å². The van der Waals surface area contributed by atoms with Gasteiger partial charge in [-0.05, 0) is 25.7 Å². The third-order valence-electron chi connectivity index (χ3n) is 3.71. The summed E-state index contributed by atoms with van der Waals surface area (Å²) in [7, 11) is 0. The van der Waals surface area contributed by atoms with Crippen LogP contribution in [0.3, 0.4) is 0 Å². The average Bonchev–Trinajstić information content (AvgIpc) is 2.67. The van der Waals surface area contributed by atoms with Crippen LogP contribution in [0.4, 0.5) is 0 Å². The molecule has 2 aliphatic rings. The number of carbonyl (C=O) groups excluding carboxylic acids is 2. The Kier molecular flexibility index (Phi) is 2.74. The maximum Gasteiger partial charge on any atom is 0.233 e. The predicted octanol–water partition coefficient (Wildman–Crippen LogP) is 0.692. The third-order valence-corrected chi connectivity index (χ3v) is 4.05. The Labute approximate surface area is 100 Å². The molecule has 0 radical (unpaired) electrons. The first-order valence-electron chi connectivity index (χ1n) is 5.59. The number of hydrogen-bond donors (Lipinski definition) is 1. The normalized spacial score (nSPS) is 35.4. The van der Waals surface area contributed by atoms with E-state index >= 15 is 0 Å². The topological polar surface area (TPSA) is 63.4 Å². The first kappa shape index (κ1) is 11.5. The maximum atomic E-state index is 12.1. The molecule has 1 aliphatic heterocycles. The van der Waals surface area contributed by atoms with Crippen molar-refractivity contribution in [2.24, 2.45) is 23.5 Å². The van der Waals surface area contributed by atoms with E-state index in [1.807, 2.05) is 0 Å². The van der Waals surface area contributed by atoms with Crippen LogP contribution in [0.25, 0.3) is 0 Å². The van der Waals surface area contributed by atoms with Gasteiger partial charge in [-0.15, -0.1) is 0 Å². The Morgan fingerprint density at radius 1 is 1.38 bits per heavy atom. The lowest BCUT2D eigenvalue weighted by atomic mass is 10.00. The van der Waals surface area contributed by atoms with Crippen LogP contribution in [0.5, 0.6) is 0 Å². The zero-order chi connectivity index (χ0) is 12.0. The predicted molar refractivity (Wildman–Crippen MR) is 63.5 cm³/mol. The first-order valence-corrected chi connectivity index (χ1v) is 6.00. The van der Waals surface area contributed by atoms with Crippen LogP contribution in [0.15, 0.2) is 0 Å². The lowest BCUT2D eigenvalue weighted by Crippen LogP contribution is -2.46. The van der Waals surface area contributed by atoms with Crippen LogP contribution in [0, 0.1) is 17.8 Å². The molecular weight excluding hydrogens is 224 g/mol. The van der Waals surface area contributed by atoms with Gasteiger partial charge >= 0.3 is 0 Å². The van der Waals surface area contributed by atoms with Crippen LogP contribution in [0.2, 0.25) is 0 Å². The van der Waals surface area contributed by atoms with Crippen molar-refractivity contribution >= 4 is 29.0 Å². The Morgan fingerprint density at radius 3 is 2.19 bits per heavy atom. The van der Waals surface area contributed by atoms with Gasteiger partial charge in [-0.3, -0.25) is 14.5 Å². The summed E-state index contributed by atoms with van der Waals surface area (Å²) in [6, 6.07) is -0.448. The van der Waals surface area contributed by atoms with Crippen LogP contribution in [-0.2, 0) is 9.59 Å². The number of nitrogens with two attached hydrogens (primary N) is 1. The minimum Gasteiger partial charge on any atom is -0.392 e. The van der Waals surface area contributed by atoms with Crippen molar-refractivity contribution in [1.82, 2.24) is 4.90 Å². The maximum absolute atomic E-state index is 12.1. The van der Waals surface area contributed by atoms with Gasteiger partial charge in [-0.2, -0.15) is 0 Å². The molecule has 0 aromatic carbocycles. The number of hydrogen-bond acceptors (Lipinski definition) is 3. The highest BCUT2D eigenvalue weighted by Crippen LogP contribution is 2.43. The second kappa shape index (κ2) is 3.80. The van der Waals surface area contributed by atoms with E-state index in [0.29, 0.717) is 5.92 Å². The quantitative estimate of drug-likeness (QED) is 0.570. The van der Waals surface area contributed by atoms with E-state index in [9.17, 15) is 9.59 Å². The number of fused-ring (bicyclic) bond motifs is 1. The molecule has 4 nitrogen and oxygen atoms in total. The summed E-state index contributed by atoms with van der Waals surface area (Å²) in [6.45, 7) is 3.79. The molecule has 1 saturated carbocycles. The lowest BCUT2D eigenvalue weighted by molar-refractivity contribution is -0.141. The number of nitrogens with zero attached hydrogens (tertiary/aromatic N) is 1. The van der Waals surface area contributed by atoms with Crippen molar-refractivity contribution in [2.45, 2.75) is 32.7 Å². The smallest absolute Gasteiger partial charge is 0.233 e. The van der Waals surface area contributed by atoms with Gasteiger partial charge < -0.3 is 5.73 Å². The number of thiocarbonyl (C=S) groups is 1. The second-order valence-electron chi connectivity index (χ2n) is 4.91. The summed E-state index contributed by atoms with van der Waals surface area (Å²) in [5, 5.41) is 0. The summed E-state index contributed by atoms with van der Waals surface area (Å²) >= 11 is 4.85. The number of imide groups is 1. The van der Waals surface area contributed by atoms with Crippen LogP contribution < -0.4 is 5.73 Å². The Balaban J connectivity index is 2.24. The van der Waals surface area contributed by atoms with E-state index in [2.05, 4.69) is 6.92 Å². The standard InChI is InChI=1S/C11H16N2O2S/c1-5-3-7-8(4-5)11(15)13(10(7)14)6(2)9(12)16/h5-8H,3-4H2,1-2H3,(H2,12,16). The molecule has 2 amide bonds. The molecule has 16 heavy (non-hydrogen) atoms. The largest absolute Gasteiger partial charge is 0.392 e. The molecule has 0 aromatic rings. The fourth-order valence-corrected chi connectivity index (χ4v) is 2.92. The van der Waals surface area contributed by atoms with Gasteiger partial charge in [-0.25, -0.2) is 0 Å². The summed E-state index contributed by atoms with van der Waals surface area (Å²) in [5.74, 6) is 0.0445. The van der Waals surface area contributed by atoms with E-state index in [1.54, 1.807) is 6.92 Å². The molecular formula is C11H16N2O2S. The average molecular weight is 240 g/mol. The molecule has 0 aromatic heterocycles. The second-order valence-corrected chi connectivity index (χ2v) is 5.39. The molecule has 1 saturated heterocycles. The van der Waals surface area contributed by atoms with Crippen molar-refractivity contribution in [2.75, 3.05) is 0 Å². The Bertz CT molecular complexity index is 345. The van der Waals surface area contributed by atoms with Gasteiger partial charge in [0.05, 0.1) is 22.9 Å². The van der Waals surface area contributed by atoms with Crippen LogP contribution in [-0.4, -0.2) is 27.7 Å². The summed E-state index contributed by atoms with van der Waals surface area (Å²) in [6.07, 6.45) is 1.63. The molecule has 88 valence electrons. The van der Waals surface area contributed by atoms with Crippen molar-refractivity contribution in [3.63, 3.8) is 0 Å². The monoisotopic (exact) mass is 240 g/mol. The highest BCUT2D eigenvalue weighted by atomic mass is 32.1. The van der Waals surface area contributed by atoms with Crippen LogP contribution >= 0.6 is 12.2 Å². The highest BCUT2D eigenvalue weighted by Gasteiger charge is 2.53. The van der Waals surface area contributed by atoms with Gasteiger partial charge in [0, 0.05) is 0 Å². The highest BCUT2D eigenvalue weighted by molar-refractivity contribution is 7.80. The molecule has 2 rings (SSSR count). The SMILES string of the molecule is CC1CC2C(=O)N(C(C)C(N)=S)C(=O)C2C1. The Hall–Kier alpha value is -0.970. The van der Waals surface area contributed by atoms with E-state index in [4.69, 9.17) is 18.0 Å². The van der Waals surface area contributed by atoms with Crippen molar-refractivity contribution < 1.29 is 9.59 Å². The minimum absolute atomic E-state index is 0.0837. The van der Waals surface area contributed by atoms with Crippen molar-refractivity contribution in [3.05, 3.63) is 0 Å².